The van der Waals surface area contributed by atoms with Crippen LogP contribution in [0.25, 0.3) is 0 Å². The minimum Gasteiger partial charge on any atom is -0.399 e. The third-order valence-electron chi connectivity index (χ3n) is 5.48. The van der Waals surface area contributed by atoms with E-state index in [1.165, 1.54) is 4.90 Å². The number of hydrogen-bond donors (Lipinski definition) is 0. The van der Waals surface area contributed by atoms with Crippen LogP contribution in [0.2, 0.25) is 0 Å². The first-order valence-corrected chi connectivity index (χ1v) is 8.57. The Kier molecular flexibility index (Phi) is 4.66. The summed E-state index contributed by atoms with van der Waals surface area (Å²) in [7, 11) is -0.473. The van der Waals surface area contributed by atoms with E-state index in [4.69, 9.17) is 9.31 Å². The molecule has 0 aliphatic carbocycles. The zero-order valence-electron chi connectivity index (χ0n) is 15.0. The summed E-state index contributed by atoms with van der Waals surface area (Å²) in [5.41, 5.74) is 0.00585. The normalized spacial score (nSPS) is 23.5. The highest BCUT2D eigenvalue weighted by Crippen LogP contribution is 2.36. The van der Waals surface area contributed by atoms with Crippen molar-refractivity contribution in [2.45, 2.75) is 64.2 Å². The smallest absolute Gasteiger partial charge is 0.399 e. The Morgan fingerprint density at radius 1 is 1.24 bits per heavy atom. The summed E-state index contributed by atoms with van der Waals surface area (Å²) in [4.78, 5) is 12.6. The molecule has 1 aromatic heterocycles. The number of piperidine rings is 1. The lowest BCUT2D eigenvalue weighted by molar-refractivity contribution is -0.144. The van der Waals surface area contributed by atoms with Crippen LogP contribution >= 0.6 is 0 Å². The number of halogens is 2. The van der Waals surface area contributed by atoms with Gasteiger partial charge in [-0.3, -0.25) is 9.48 Å². The SMILES string of the molecule is CC1(C)OB(c2cnn(C3CCN(C(=O)C(F)F)CC3)c2)OC1(C)C. The van der Waals surface area contributed by atoms with Gasteiger partial charge in [-0.1, -0.05) is 0 Å². The van der Waals surface area contributed by atoms with Gasteiger partial charge < -0.3 is 14.2 Å². The topological polar surface area (TPSA) is 56.6 Å². The summed E-state index contributed by atoms with van der Waals surface area (Å²) < 4.78 is 38.8. The van der Waals surface area contributed by atoms with Crippen molar-refractivity contribution in [2.24, 2.45) is 0 Å². The number of alkyl halides is 2. The maximum Gasteiger partial charge on any atom is 0.498 e. The predicted octanol–water partition coefficient (Wildman–Crippen LogP) is 1.61. The van der Waals surface area contributed by atoms with Crippen LogP contribution in [-0.2, 0) is 14.1 Å². The number of hydrogen-bond acceptors (Lipinski definition) is 4. The number of carbonyl (C=O) groups excluding carboxylic acids is 1. The van der Waals surface area contributed by atoms with E-state index < -0.39 is 30.7 Å². The predicted molar refractivity (Wildman–Crippen MR) is 88.8 cm³/mol. The first-order chi connectivity index (χ1) is 11.6. The van der Waals surface area contributed by atoms with Crippen molar-refractivity contribution in [1.82, 2.24) is 14.7 Å². The molecule has 1 aromatic rings. The van der Waals surface area contributed by atoms with Crippen molar-refractivity contribution in [1.29, 1.82) is 0 Å². The lowest BCUT2D eigenvalue weighted by atomic mass is 9.82. The summed E-state index contributed by atoms with van der Waals surface area (Å²) in [5.74, 6) is -1.09. The van der Waals surface area contributed by atoms with Gasteiger partial charge in [-0.05, 0) is 40.5 Å². The van der Waals surface area contributed by atoms with E-state index in [9.17, 15) is 13.6 Å². The maximum absolute atomic E-state index is 12.5. The molecule has 2 saturated heterocycles. The van der Waals surface area contributed by atoms with Crippen LogP contribution in [0.3, 0.4) is 0 Å². The summed E-state index contributed by atoms with van der Waals surface area (Å²) in [6, 6.07) is 0.0814. The van der Waals surface area contributed by atoms with Crippen molar-refractivity contribution in [2.75, 3.05) is 13.1 Å². The second-order valence-electron chi connectivity index (χ2n) is 7.70. The Morgan fingerprint density at radius 3 is 2.32 bits per heavy atom. The van der Waals surface area contributed by atoms with E-state index in [0.717, 1.165) is 5.46 Å². The lowest BCUT2D eigenvalue weighted by Gasteiger charge is -2.32. The second kappa shape index (κ2) is 6.35. The first-order valence-electron chi connectivity index (χ1n) is 8.57. The molecule has 3 rings (SSSR count). The molecular weight excluding hydrogens is 331 g/mol. The van der Waals surface area contributed by atoms with Gasteiger partial charge in [0.25, 0.3) is 5.91 Å². The molecule has 0 atom stereocenters. The number of likely N-dealkylation sites (tertiary alicyclic amines) is 1. The quantitative estimate of drug-likeness (QED) is 0.774. The van der Waals surface area contributed by atoms with Crippen LogP contribution in [0.4, 0.5) is 8.78 Å². The molecule has 0 N–H and O–H groups in total. The minimum absolute atomic E-state index is 0.0814. The van der Waals surface area contributed by atoms with Crippen molar-refractivity contribution in [3.05, 3.63) is 12.4 Å². The van der Waals surface area contributed by atoms with Gasteiger partial charge in [-0.2, -0.15) is 13.9 Å². The monoisotopic (exact) mass is 355 g/mol. The molecule has 9 heteroatoms. The first kappa shape index (κ1) is 18.3. The number of nitrogens with zero attached hydrogens (tertiary/aromatic N) is 3. The van der Waals surface area contributed by atoms with Gasteiger partial charge in [0.05, 0.1) is 17.2 Å². The molecule has 0 spiro atoms. The number of carbonyl (C=O) groups is 1. The van der Waals surface area contributed by atoms with E-state index >= 15 is 0 Å². The Hall–Kier alpha value is -1.48. The molecule has 2 aliphatic heterocycles. The summed E-state index contributed by atoms with van der Waals surface area (Å²) in [5, 5.41) is 4.39. The molecule has 2 aliphatic rings. The Labute approximate surface area is 146 Å². The molecule has 0 aromatic carbocycles. The summed E-state index contributed by atoms with van der Waals surface area (Å²) in [6.45, 7) is 8.61. The highest BCUT2D eigenvalue weighted by Gasteiger charge is 2.52. The third-order valence-corrected chi connectivity index (χ3v) is 5.48. The molecule has 138 valence electrons. The number of rotatable bonds is 3. The highest BCUT2D eigenvalue weighted by atomic mass is 19.3. The van der Waals surface area contributed by atoms with Gasteiger partial charge in [0, 0.05) is 30.9 Å². The van der Waals surface area contributed by atoms with E-state index in [1.807, 2.05) is 38.6 Å². The number of amides is 1. The maximum atomic E-state index is 12.5. The van der Waals surface area contributed by atoms with Gasteiger partial charge in [0.1, 0.15) is 0 Å². The standard InChI is InChI=1S/C16H24BF2N3O3/c1-15(2)16(3,4)25-17(24-15)11-9-20-22(10-11)12-5-7-21(8-6-12)14(23)13(18)19/h9-10,12-13H,5-8H2,1-4H3. The van der Waals surface area contributed by atoms with Crippen LogP contribution in [-0.4, -0.2) is 58.4 Å². The van der Waals surface area contributed by atoms with Crippen LogP contribution in [0.1, 0.15) is 46.6 Å². The largest absolute Gasteiger partial charge is 0.498 e. The molecule has 0 unspecified atom stereocenters. The van der Waals surface area contributed by atoms with Gasteiger partial charge in [-0.15, -0.1) is 0 Å². The van der Waals surface area contributed by atoms with Gasteiger partial charge in [-0.25, -0.2) is 0 Å². The van der Waals surface area contributed by atoms with E-state index in [-0.39, 0.29) is 6.04 Å². The van der Waals surface area contributed by atoms with E-state index in [0.29, 0.717) is 25.9 Å². The highest BCUT2D eigenvalue weighted by molar-refractivity contribution is 6.62. The molecule has 1 amide bonds. The summed E-state index contributed by atoms with van der Waals surface area (Å²) in [6.07, 6.45) is 1.87. The van der Waals surface area contributed by atoms with E-state index in [1.54, 1.807) is 6.20 Å². The minimum atomic E-state index is -2.93. The molecule has 0 bridgehead atoms. The fraction of sp³-hybridized carbons (Fsp3) is 0.750. The van der Waals surface area contributed by atoms with Gasteiger partial charge in [0.15, 0.2) is 0 Å². The average molecular weight is 355 g/mol. The number of aromatic nitrogens is 2. The van der Waals surface area contributed by atoms with Crippen LogP contribution in [0.5, 0.6) is 0 Å². The molecule has 0 saturated carbocycles. The third kappa shape index (κ3) is 3.44. The van der Waals surface area contributed by atoms with Crippen LogP contribution in [0.15, 0.2) is 12.4 Å². The Balaban J connectivity index is 1.63. The van der Waals surface area contributed by atoms with Gasteiger partial charge in [0.2, 0.25) is 0 Å². The zero-order chi connectivity index (χ0) is 18.4. The Bertz CT molecular complexity index is 626. The molecular formula is C16H24BF2N3O3. The zero-order valence-corrected chi connectivity index (χ0v) is 15.0. The molecule has 25 heavy (non-hydrogen) atoms. The molecule has 3 heterocycles. The molecule has 0 radical (unpaired) electrons. The van der Waals surface area contributed by atoms with Crippen LogP contribution in [0, 0.1) is 0 Å². The van der Waals surface area contributed by atoms with Crippen molar-refractivity contribution in [3.8, 4) is 0 Å². The fourth-order valence-electron chi connectivity index (χ4n) is 3.14. The van der Waals surface area contributed by atoms with Crippen molar-refractivity contribution in [3.63, 3.8) is 0 Å². The molecule has 6 nitrogen and oxygen atoms in total. The van der Waals surface area contributed by atoms with Crippen molar-refractivity contribution >= 4 is 18.5 Å². The fourth-order valence-corrected chi connectivity index (χ4v) is 3.14. The van der Waals surface area contributed by atoms with E-state index in [2.05, 4.69) is 5.10 Å². The lowest BCUT2D eigenvalue weighted by Crippen LogP contribution is -2.42. The Morgan fingerprint density at radius 2 is 1.80 bits per heavy atom. The molecule has 2 fully saturated rings. The summed E-state index contributed by atoms with van der Waals surface area (Å²) >= 11 is 0. The second-order valence-corrected chi connectivity index (χ2v) is 7.70. The average Bonchev–Trinajstić information content (AvgIpc) is 3.10. The van der Waals surface area contributed by atoms with Gasteiger partial charge >= 0.3 is 13.5 Å². The van der Waals surface area contributed by atoms with Crippen LogP contribution < -0.4 is 5.46 Å². The van der Waals surface area contributed by atoms with Crippen molar-refractivity contribution < 1.29 is 22.9 Å².